The van der Waals surface area contributed by atoms with Crippen molar-refractivity contribution < 1.29 is 4.79 Å². The topological polar surface area (TPSA) is 72.9 Å². The van der Waals surface area contributed by atoms with Crippen LogP contribution in [0.3, 0.4) is 0 Å². The van der Waals surface area contributed by atoms with Crippen molar-refractivity contribution in [2.75, 3.05) is 12.3 Å². The SMILES string of the molecule is CC(C)CNC(=O)c1cnn(C)c1N. The van der Waals surface area contributed by atoms with Crippen molar-refractivity contribution in [3.63, 3.8) is 0 Å². The first-order valence-corrected chi connectivity index (χ1v) is 4.58. The number of nitrogens with zero attached hydrogens (tertiary/aromatic N) is 2. The fourth-order valence-electron chi connectivity index (χ4n) is 1.01. The Morgan fingerprint density at radius 2 is 2.36 bits per heavy atom. The molecular formula is C9H16N4O. The second-order valence-electron chi connectivity index (χ2n) is 3.67. The van der Waals surface area contributed by atoms with E-state index in [1.54, 1.807) is 7.05 Å². The zero-order valence-electron chi connectivity index (χ0n) is 8.74. The Morgan fingerprint density at radius 1 is 1.71 bits per heavy atom. The van der Waals surface area contributed by atoms with Gasteiger partial charge in [-0.25, -0.2) is 0 Å². The second-order valence-corrected chi connectivity index (χ2v) is 3.67. The Hall–Kier alpha value is -1.52. The first-order chi connectivity index (χ1) is 6.52. The highest BCUT2D eigenvalue weighted by molar-refractivity contribution is 5.98. The molecule has 14 heavy (non-hydrogen) atoms. The average Bonchev–Trinajstić information content (AvgIpc) is 2.44. The summed E-state index contributed by atoms with van der Waals surface area (Å²) >= 11 is 0. The number of carbonyl (C=O) groups is 1. The Bertz CT molecular complexity index is 330. The summed E-state index contributed by atoms with van der Waals surface area (Å²) in [6.07, 6.45) is 1.48. The predicted octanol–water partition coefficient (Wildman–Crippen LogP) is 0.388. The molecule has 78 valence electrons. The highest BCUT2D eigenvalue weighted by Gasteiger charge is 2.12. The second kappa shape index (κ2) is 4.13. The number of carbonyl (C=O) groups excluding carboxylic acids is 1. The minimum Gasteiger partial charge on any atom is -0.383 e. The van der Waals surface area contributed by atoms with Gasteiger partial charge in [-0.3, -0.25) is 9.48 Å². The molecule has 1 aromatic heterocycles. The van der Waals surface area contributed by atoms with E-state index in [1.807, 2.05) is 13.8 Å². The molecule has 0 aliphatic heterocycles. The first kappa shape index (κ1) is 10.6. The van der Waals surface area contributed by atoms with E-state index in [4.69, 9.17) is 5.73 Å². The number of nitrogens with two attached hydrogens (primary N) is 1. The van der Waals surface area contributed by atoms with Crippen molar-refractivity contribution in [1.29, 1.82) is 0 Å². The van der Waals surface area contributed by atoms with E-state index in [1.165, 1.54) is 10.9 Å². The summed E-state index contributed by atoms with van der Waals surface area (Å²) in [5.74, 6) is 0.660. The molecule has 0 aromatic carbocycles. The molecule has 1 aromatic rings. The maximum absolute atomic E-state index is 11.5. The molecule has 0 saturated heterocycles. The van der Waals surface area contributed by atoms with Crippen molar-refractivity contribution in [1.82, 2.24) is 15.1 Å². The first-order valence-electron chi connectivity index (χ1n) is 4.58. The predicted molar refractivity (Wildman–Crippen MR) is 54.8 cm³/mol. The van der Waals surface area contributed by atoms with Gasteiger partial charge in [-0.1, -0.05) is 13.8 Å². The van der Waals surface area contributed by atoms with Crippen molar-refractivity contribution >= 4 is 11.7 Å². The lowest BCUT2D eigenvalue weighted by Crippen LogP contribution is -2.27. The number of nitrogens with one attached hydrogen (secondary N) is 1. The van der Waals surface area contributed by atoms with Crippen molar-refractivity contribution in [3.05, 3.63) is 11.8 Å². The van der Waals surface area contributed by atoms with E-state index >= 15 is 0 Å². The van der Waals surface area contributed by atoms with Crippen LogP contribution in [-0.2, 0) is 7.05 Å². The van der Waals surface area contributed by atoms with Gasteiger partial charge >= 0.3 is 0 Å². The van der Waals surface area contributed by atoms with Gasteiger partial charge in [0.05, 0.1) is 6.20 Å². The number of nitrogen functional groups attached to an aromatic ring is 1. The molecule has 1 rings (SSSR count). The standard InChI is InChI=1S/C9H16N4O/c1-6(2)4-11-9(14)7-5-12-13(3)8(7)10/h5-6H,4,10H2,1-3H3,(H,11,14). The Balaban J connectivity index is 2.66. The van der Waals surface area contributed by atoms with E-state index in [-0.39, 0.29) is 5.91 Å². The van der Waals surface area contributed by atoms with E-state index in [0.717, 1.165) is 0 Å². The van der Waals surface area contributed by atoms with Crippen LogP contribution in [0.1, 0.15) is 24.2 Å². The Labute approximate surface area is 83.3 Å². The number of rotatable bonds is 3. The zero-order chi connectivity index (χ0) is 10.7. The highest BCUT2D eigenvalue weighted by atomic mass is 16.1. The molecule has 0 unspecified atom stereocenters. The third-order valence-corrected chi connectivity index (χ3v) is 1.90. The molecule has 5 nitrogen and oxygen atoms in total. The van der Waals surface area contributed by atoms with Crippen LogP contribution in [0, 0.1) is 5.92 Å². The summed E-state index contributed by atoms with van der Waals surface area (Å²) in [5, 5.41) is 6.68. The van der Waals surface area contributed by atoms with Crippen molar-refractivity contribution in [3.8, 4) is 0 Å². The average molecular weight is 196 g/mol. The van der Waals surface area contributed by atoms with Crippen molar-refractivity contribution in [2.24, 2.45) is 13.0 Å². The molecule has 0 spiro atoms. The number of amides is 1. The lowest BCUT2D eigenvalue weighted by Gasteiger charge is -2.06. The molecule has 0 saturated carbocycles. The molecular weight excluding hydrogens is 180 g/mol. The summed E-state index contributed by atoms with van der Waals surface area (Å²) in [5.41, 5.74) is 6.09. The summed E-state index contributed by atoms with van der Waals surface area (Å²) in [6.45, 7) is 4.72. The van der Waals surface area contributed by atoms with Gasteiger partial charge in [0.15, 0.2) is 0 Å². The van der Waals surface area contributed by atoms with Gasteiger partial charge in [0, 0.05) is 13.6 Å². The van der Waals surface area contributed by atoms with Crippen LogP contribution >= 0.6 is 0 Å². The minimum absolute atomic E-state index is 0.163. The maximum atomic E-state index is 11.5. The molecule has 1 amide bonds. The normalized spacial score (nSPS) is 10.6. The van der Waals surface area contributed by atoms with E-state index in [2.05, 4.69) is 10.4 Å². The van der Waals surface area contributed by atoms with Crippen molar-refractivity contribution in [2.45, 2.75) is 13.8 Å². The smallest absolute Gasteiger partial charge is 0.256 e. The molecule has 0 atom stereocenters. The molecule has 1 heterocycles. The Kier molecular flexibility index (Phi) is 3.11. The number of anilines is 1. The third-order valence-electron chi connectivity index (χ3n) is 1.90. The van der Waals surface area contributed by atoms with Gasteiger partial charge in [-0.05, 0) is 5.92 Å². The minimum atomic E-state index is -0.163. The maximum Gasteiger partial charge on any atom is 0.256 e. The fourth-order valence-corrected chi connectivity index (χ4v) is 1.01. The fraction of sp³-hybridized carbons (Fsp3) is 0.556. The lowest BCUT2D eigenvalue weighted by atomic mass is 10.2. The van der Waals surface area contributed by atoms with Gasteiger partial charge in [0.2, 0.25) is 0 Å². The largest absolute Gasteiger partial charge is 0.383 e. The van der Waals surface area contributed by atoms with Crippen LogP contribution in [-0.4, -0.2) is 22.2 Å². The van der Waals surface area contributed by atoms with Crippen LogP contribution < -0.4 is 11.1 Å². The van der Waals surface area contributed by atoms with Gasteiger partial charge in [0.1, 0.15) is 11.4 Å². The van der Waals surface area contributed by atoms with Gasteiger partial charge in [0.25, 0.3) is 5.91 Å². The molecule has 0 aliphatic carbocycles. The molecule has 0 radical (unpaired) electrons. The van der Waals surface area contributed by atoms with E-state index in [0.29, 0.717) is 23.8 Å². The van der Waals surface area contributed by atoms with E-state index in [9.17, 15) is 4.79 Å². The summed E-state index contributed by atoms with van der Waals surface area (Å²) in [6, 6.07) is 0. The zero-order valence-corrected chi connectivity index (χ0v) is 8.74. The molecule has 0 bridgehead atoms. The highest BCUT2D eigenvalue weighted by Crippen LogP contribution is 2.08. The van der Waals surface area contributed by atoms with E-state index < -0.39 is 0 Å². The van der Waals surface area contributed by atoms with Gasteiger partial charge in [-0.15, -0.1) is 0 Å². The quantitative estimate of drug-likeness (QED) is 0.734. The van der Waals surface area contributed by atoms with Crippen LogP contribution in [0.4, 0.5) is 5.82 Å². The Morgan fingerprint density at radius 3 is 2.79 bits per heavy atom. The molecule has 0 fully saturated rings. The van der Waals surface area contributed by atoms with Crippen LogP contribution in [0.2, 0.25) is 0 Å². The number of aryl methyl sites for hydroxylation is 1. The van der Waals surface area contributed by atoms with Crippen LogP contribution in [0.5, 0.6) is 0 Å². The van der Waals surface area contributed by atoms with Gasteiger partial charge < -0.3 is 11.1 Å². The van der Waals surface area contributed by atoms with Crippen LogP contribution in [0.15, 0.2) is 6.20 Å². The summed E-state index contributed by atoms with van der Waals surface area (Å²) in [7, 11) is 1.70. The molecule has 0 aliphatic rings. The number of hydrogen-bond acceptors (Lipinski definition) is 3. The summed E-state index contributed by atoms with van der Waals surface area (Å²) in [4.78, 5) is 11.5. The number of hydrogen-bond donors (Lipinski definition) is 2. The number of aromatic nitrogens is 2. The summed E-state index contributed by atoms with van der Waals surface area (Å²) < 4.78 is 1.48. The van der Waals surface area contributed by atoms with Gasteiger partial charge in [-0.2, -0.15) is 5.10 Å². The lowest BCUT2D eigenvalue weighted by molar-refractivity contribution is 0.0950. The molecule has 3 N–H and O–H groups in total. The molecule has 5 heteroatoms. The van der Waals surface area contributed by atoms with Crippen LogP contribution in [0.25, 0.3) is 0 Å². The third kappa shape index (κ3) is 2.25. The monoisotopic (exact) mass is 196 g/mol.